The van der Waals surface area contributed by atoms with E-state index in [2.05, 4.69) is 48.9 Å². The van der Waals surface area contributed by atoms with E-state index in [9.17, 15) is 0 Å². The number of H-pyrrole nitrogens is 1. The Morgan fingerprint density at radius 1 is 1.29 bits per heavy atom. The summed E-state index contributed by atoms with van der Waals surface area (Å²) in [5.41, 5.74) is 3.73. The molecule has 0 aliphatic rings. The molecule has 3 rings (SSSR count). The molecule has 0 fully saturated rings. The first-order valence-electron chi connectivity index (χ1n) is 5.17. The van der Waals surface area contributed by atoms with Gasteiger partial charge in [-0.25, -0.2) is 15.0 Å². The van der Waals surface area contributed by atoms with Crippen molar-refractivity contribution in [3.05, 3.63) is 40.8 Å². The molecule has 3 aromatic rings. The van der Waals surface area contributed by atoms with Gasteiger partial charge in [0.25, 0.3) is 0 Å². The van der Waals surface area contributed by atoms with Crippen molar-refractivity contribution in [1.29, 1.82) is 0 Å². The summed E-state index contributed by atoms with van der Waals surface area (Å²) in [7, 11) is 0. The topological polar surface area (TPSA) is 54.5 Å². The number of halogens is 1. The third-order valence-electron chi connectivity index (χ3n) is 2.61. The normalized spacial score (nSPS) is 10.9. The average molecular weight is 289 g/mol. The summed E-state index contributed by atoms with van der Waals surface area (Å²) in [6.07, 6.45) is 3.22. The zero-order chi connectivity index (χ0) is 11.8. The second kappa shape index (κ2) is 3.92. The predicted molar refractivity (Wildman–Crippen MR) is 69.6 cm³/mol. The fourth-order valence-corrected chi connectivity index (χ4v) is 2.17. The summed E-state index contributed by atoms with van der Waals surface area (Å²) in [6.45, 7) is 2.05. The lowest BCUT2D eigenvalue weighted by Gasteiger charge is -2.03. The van der Waals surface area contributed by atoms with Crippen LogP contribution in [-0.2, 0) is 0 Å². The van der Waals surface area contributed by atoms with E-state index in [0.717, 1.165) is 21.4 Å². The van der Waals surface area contributed by atoms with Crippen LogP contribution in [0.5, 0.6) is 0 Å². The lowest BCUT2D eigenvalue weighted by atomic mass is 10.1. The summed E-state index contributed by atoms with van der Waals surface area (Å²) in [5.74, 6) is 0.802. The molecule has 0 saturated heterocycles. The Morgan fingerprint density at radius 3 is 3.00 bits per heavy atom. The monoisotopic (exact) mass is 288 g/mol. The van der Waals surface area contributed by atoms with E-state index in [0.29, 0.717) is 5.65 Å². The lowest BCUT2D eigenvalue weighted by Crippen LogP contribution is -1.85. The number of hydrogen-bond acceptors (Lipinski definition) is 3. The lowest BCUT2D eigenvalue weighted by molar-refractivity contribution is 1.20. The molecule has 1 N–H and O–H groups in total. The van der Waals surface area contributed by atoms with Crippen LogP contribution in [0.3, 0.4) is 0 Å². The van der Waals surface area contributed by atoms with Crippen molar-refractivity contribution in [2.24, 2.45) is 0 Å². The first-order chi connectivity index (χ1) is 8.25. The van der Waals surface area contributed by atoms with Gasteiger partial charge >= 0.3 is 0 Å². The third kappa shape index (κ3) is 1.72. The van der Waals surface area contributed by atoms with Crippen LogP contribution in [0.1, 0.15) is 5.56 Å². The number of aryl methyl sites for hydroxylation is 1. The molecule has 0 atom stereocenters. The van der Waals surface area contributed by atoms with Crippen LogP contribution in [0.2, 0.25) is 0 Å². The number of benzene rings is 1. The minimum atomic E-state index is 0.684. The molecule has 0 aliphatic carbocycles. The van der Waals surface area contributed by atoms with Crippen molar-refractivity contribution in [3.63, 3.8) is 0 Å². The van der Waals surface area contributed by atoms with E-state index in [4.69, 9.17) is 0 Å². The summed E-state index contributed by atoms with van der Waals surface area (Å²) >= 11 is 3.58. The number of nitrogens with zero attached hydrogens (tertiary/aromatic N) is 3. The number of imidazole rings is 1. The van der Waals surface area contributed by atoms with Crippen LogP contribution in [-0.4, -0.2) is 19.9 Å². The fourth-order valence-electron chi connectivity index (χ4n) is 1.72. The summed E-state index contributed by atoms with van der Waals surface area (Å²) in [5, 5.41) is 0. The first-order valence-corrected chi connectivity index (χ1v) is 5.96. The first kappa shape index (κ1) is 10.4. The maximum absolute atomic E-state index is 4.45. The second-order valence-electron chi connectivity index (χ2n) is 3.78. The molecule has 17 heavy (non-hydrogen) atoms. The highest BCUT2D eigenvalue weighted by atomic mass is 79.9. The quantitative estimate of drug-likeness (QED) is 0.749. The third-order valence-corrected chi connectivity index (χ3v) is 3.66. The highest BCUT2D eigenvalue weighted by Crippen LogP contribution is 2.29. The Kier molecular flexibility index (Phi) is 2.40. The van der Waals surface area contributed by atoms with E-state index >= 15 is 0 Å². The van der Waals surface area contributed by atoms with Gasteiger partial charge in [-0.3, -0.25) is 0 Å². The highest BCUT2D eigenvalue weighted by Gasteiger charge is 2.10. The fraction of sp³-hybridized carbons (Fsp3) is 0.0833. The van der Waals surface area contributed by atoms with Gasteiger partial charge in [0.15, 0.2) is 5.65 Å². The van der Waals surface area contributed by atoms with Crippen LogP contribution >= 0.6 is 15.9 Å². The smallest absolute Gasteiger partial charge is 0.181 e. The molecule has 4 nitrogen and oxygen atoms in total. The van der Waals surface area contributed by atoms with Gasteiger partial charge in [0, 0.05) is 10.0 Å². The Hall–Kier alpha value is -1.75. The van der Waals surface area contributed by atoms with Crippen molar-refractivity contribution >= 4 is 27.1 Å². The van der Waals surface area contributed by atoms with Crippen LogP contribution in [0.4, 0.5) is 0 Å². The minimum absolute atomic E-state index is 0.684. The van der Waals surface area contributed by atoms with Gasteiger partial charge in [-0.15, -0.1) is 0 Å². The molecule has 0 unspecified atom stereocenters. The molecule has 0 radical (unpaired) electrons. The number of hydrogen-bond donors (Lipinski definition) is 1. The van der Waals surface area contributed by atoms with Crippen LogP contribution in [0, 0.1) is 6.92 Å². The SMILES string of the molecule is Cc1cccc(-c2nc3ncncc3[nH]2)c1Br. The average Bonchev–Trinajstić information content (AvgIpc) is 2.76. The van der Waals surface area contributed by atoms with E-state index in [1.807, 2.05) is 12.1 Å². The zero-order valence-electron chi connectivity index (χ0n) is 9.11. The van der Waals surface area contributed by atoms with Crippen molar-refractivity contribution < 1.29 is 0 Å². The van der Waals surface area contributed by atoms with E-state index < -0.39 is 0 Å². The van der Waals surface area contributed by atoms with Crippen LogP contribution < -0.4 is 0 Å². The summed E-state index contributed by atoms with van der Waals surface area (Å²) in [6, 6.07) is 6.08. The standard InChI is InChI=1S/C12H9BrN4/c1-7-3-2-4-8(10(7)13)11-16-9-5-14-6-15-12(9)17-11/h2-6H,1H3,(H,14,15,16,17). The van der Waals surface area contributed by atoms with Gasteiger partial charge in [-0.2, -0.15) is 0 Å². The van der Waals surface area contributed by atoms with E-state index in [1.165, 1.54) is 11.9 Å². The van der Waals surface area contributed by atoms with Crippen molar-refractivity contribution in [2.45, 2.75) is 6.92 Å². The van der Waals surface area contributed by atoms with Crippen LogP contribution in [0.15, 0.2) is 35.2 Å². The molecular weight excluding hydrogens is 280 g/mol. The van der Waals surface area contributed by atoms with Gasteiger partial charge in [0.1, 0.15) is 17.7 Å². The van der Waals surface area contributed by atoms with Gasteiger partial charge in [-0.05, 0) is 28.4 Å². The number of aromatic amines is 1. The highest BCUT2D eigenvalue weighted by molar-refractivity contribution is 9.10. The number of rotatable bonds is 1. The molecule has 5 heteroatoms. The van der Waals surface area contributed by atoms with Crippen LogP contribution in [0.25, 0.3) is 22.6 Å². The molecule has 0 spiro atoms. The number of nitrogens with one attached hydrogen (secondary N) is 1. The maximum atomic E-state index is 4.45. The Bertz CT molecular complexity index is 657. The number of fused-ring (bicyclic) bond motifs is 1. The molecule has 0 aliphatic heterocycles. The van der Waals surface area contributed by atoms with Gasteiger partial charge in [0.2, 0.25) is 0 Å². The van der Waals surface area contributed by atoms with Crippen molar-refractivity contribution in [1.82, 2.24) is 19.9 Å². The molecule has 1 aromatic carbocycles. The molecule has 0 saturated carbocycles. The number of aromatic nitrogens is 4. The molecule has 2 aromatic heterocycles. The largest absolute Gasteiger partial charge is 0.335 e. The zero-order valence-corrected chi connectivity index (χ0v) is 10.7. The second-order valence-corrected chi connectivity index (χ2v) is 4.57. The van der Waals surface area contributed by atoms with Gasteiger partial charge < -0.3 is 4.98 Å². The van der Waals surface area contributed by atoms with E-state index in [1.54, 1.807) is 6.20 Å². The molecule has 84 valence electrons. The minimum Gasteiger partial charge on any atom is -0.335 e. The Balaban J connectivity index is 2.24. The Morgan fingerprint density at radius 2 is 2.18 bits per heavy atom. The van der Waals surface area contributed by atoms with E-state index in [-0.39, 0.29) is 0 Å². The van der Waals surface area contributed by atoms with Crippen molar-refractivity contribution in [3.8, 4) is 11.4 Å². The summed E-state index contributed by atoms with van der Waals surface area (Å²) in [4.78, 5) is 15.7. The predicted octanol–water partition coefficient (Wildman–Crippen LogP) is 3.09. The molecular formula is C12H9BrN4. The molecule has 0 amide bonds. The van der Waals surface area contributed by atoms with Gasteiger partial charge in [-0.1, -0.05) is 18.2 Å². The summed E-state index contributed by atoms with van der Waals surface area (Å²) < 4.78 is 1.05. The molecule has 2 heterocycles. The van der Waals surface area contributed by atoms with Crippen molar-refractivity contribution in [2.75, 3.05) is 0 Å². The van der Waals surface area contributed by atoms with Gasteiger partial charge in [0.05, 0.1) is 6.20 Å². The Labute approximate surface area is 106 Å². The molecule has 0 bridgehead atoms. The maximum Gasteiger partial charge on any atom is 0.181 e.